The van der Waals surface area contributed by atoms with E-state index in [2.05, 4.69) is 14.9 Å². The van der Waals surface area contributed by atoms with Gasteiger partial charge in [-0.15, -0.1) is 0 Å². The number of halogens is 1. The van der Waals surface area contributed by atoms with Crippen LogP contribution in [0.3, 0.4) is 0 Å². The Bertz CT molecular complexity index is 362. The Morgan fingerprint density at radius 1 is 1.47 bits per heavy atom. The van der Waals surface area contributed by atoms with Crippen molar-refractivity contribution >= 4 is 17.4 Å². The number of rotatable bonds is 5. The molecule has 1 N–H and O–H groups in total. The maximum absolute atomic E-state index is 8.96. The minimum absolute atomic E-state index is 0.209. The van der Waals surface area contributed by atoms with Gasteiger partial charge >= 0.3 is 0 Å². The van der Waals surface area contributed by atoms with Crippen molar-refractivity contribution in [3.8, 4) is 0 Å². The van der Waals surface area contributed by atoms with E-state index in [9.17, 15) is 0 Å². The molecule has 1 saturated carbocycles. The molecule has 1 aromatic heterocycles. The number of hydrogen-bond donors (Lipinski definition) is 1. The molecule has 0 atom stereocenters. The Hall–Kier alpha value is -0.870. The topological polar surface area (TPSA) is 49.2 Å². The fraction of sp³-hybridized carbons (Fsp3) is 0.667. The largest absolute Gasteiger partial charge is 0.396 e. The summed E-state index contributed by atoms with van der Waals surface area (Å²) < 4.78 is 0. The van der Waals surface area contributed by atoms with Gasteiger partial charge in [-0.25, -0.2) is 9.97 Å². The summed E-state index contributed by atoms with van der Waals surface area (Å²) in [5.74, 6) is 1.58. The molecule has 1 aliphatic carbocycles. The highest BCUT2D eigenvalue weighted by atomic mass is 35.5. The summed E-state index contributed by atoms with van der Waals surface area (Å²) in [6, 6.07) is 2.36. The summed E-state index contributed by atoms with van der Waals surface area (Å²) in [6.45, 7) is 2.88. The molecule has 1 heterocycles. The third kappa shape index (κ3) is 3.07. The van der Waals surface area contributed by atoms with Crippen LogP contribution < -0.4 is 4.90 Å². The molecule has 2 rings (SSSR count). The average molecular weight is 256 g/mol. The van der Waals surface area contributed by atoms with Crippen LogP contribution in [-0.4, -0.2) is 34.3 Å². The number of aromatic nitrogens is 2. The Kier molecular flexibility index (Phi) is 4.18. The summed E-state index contributed by atoms with van der Waals surface area (Å²) in [7, 11) is 0. The molecule has 0 aromatic carbocycles. The first-order valence-corrected chi connectivity index (χ1v) is 6.47. The minimum Gasteiger partial charge on any atom is -0.396 e. The van der Waals surface area contributed by atoms with Gasteiger partial charge in [0.25, 0.3) is 0 Å². The van der Waals surface area contributed by atoms with Crippen molar-refractivity contribution in [1.82, 2.24) is 9.97 Å². The number of aliphatic hydroxyl groups is 1. The molecule has 0 aliphatic heterocycles. The molecule has 0 unspecified atom stereocenters. The van der Waals surface area contributed by atoms with Crippen LogP contribution >= 0.6 is 11.6 Å². The quantitative estimate of drug-likeness (QED) is 0.820. The van der Waals surface area contributed by atoms with E-state index >= 15 is 0 Å². The van der Waals surface area contributed by atoms with Crippen LogP contribution in [0.2, 0.25) is 5.15 Å². The van der Waals surface area contributed by atoms with E-state index in [-0.39, 0.29) is 6.61 Å². The predicted octanol–water partition coefficient (Wildman–Crippen LogP) is 2.18. The van der Waals surface area contributed by atoms with Crippen LogP contribution in [0.1, 0.15) is 31.5 Å². The van der Waals surface area contributed by atoms with E-state index in [1.807, 2.05) is 13.0 Å². The standard InChI is InChI=1S/C12H18ClN3O/c1-9-14-11(13)8-12(15-9)16(6-3-7-17)10-4-2-5-10/h8,10,17H,2-7H2,1H3. The van der Waals surface area contributed by atoms with Crippen LogP contribution in [0.15, 0.2) is 6.07 Å². The highest BCUT2D eigenvalue weighted by Gasteiger charge is 2.26. The highest BCUT2D eigenvalue weighted by molar-refractivity contribution is 6.29. The zero-order valence-corrected chi connectivity index (χ0v) is 10.8. The Morgan fingerprint density at radius 3 is 2.76 bits per heavy atom. The lowest BCUT2D eigenvalue weighted by molar-refractivity contribution is 0.282. The lowest BCUT2D eigenvalue weighted by Crippen LogP contribution is -2.41. The molecule has 0 spiro atoms. The van der Waals surface area contributed by atoms with Crippen molar-refractivity contribution in [1.29, 1.82) is 0 Å². The van der Waals surface area contributed by atoms with Crippen molar-refractivity contribution in [3.05, 3.63) is 17.0 Å². The molecule has 0 radical (unpaired) electrons. The molecule has 1 fully saturated rings. The lowest BCUT2D eigenvalue weighted by Gasteiger charge is -2.38. The van der Waals surface area contributed by atoms with E-state index in [0.717, 1.165) is 18.8 Å². The van der Waals surface area contributed by atoms with E-state index in [1.54, 1.807) is 0 Å². The van der Waals surface area contributed by atoms with Crippen LogP contribution in [0, 0.1) is 6.92 Å². The van der Waals surface area contributed by atoms with Crippen molar-refractivity contribution in [3.63, 3.8) is 0 Å². The van der Waals surface area contributed by atoms with Crippen LogP contribution in [0.5, 0.6) is 0 Å². The second-order valence-electron chi connectivity index (χ2n) is 4.45. The summed E-state index contributed by atoms with van der Waals surface area (Å²) in [5.41, 5.74) is 0. The van der Waals surface area contributed by atoms with Crippen molar-refractivity contribution in [2.45, 2.75) is 38.6 Å². The van der Waals surface area contributed by atoms with Gasteiger partial charge in [-0.2, -0.15) is 0 Å². The molecule has 1 aliphatic rings. The first-order valence-electron chi connectivity index (χ1n) is 6.09. The summed E-state index contributed by atoms with van der Waals surface area (Å²) in [6.07, 6.45) is 4.44. The fourth-order valence-corrected chi connectivity index (χ4v) is 2.31. The number of hydrogen-bond acceptors (Lipinski definition) is 4. The minimum atomic E-state index is 0.209. The van der Waals surface area contributed by atoms with Gasteiger partial charge in [0.15, 0.2) is 0 Å². The molecule has 0 bridgehead atoms. The molecule has 5 heteroatoms. The maximum Gasteiger partial charge on any atom is 0.134 e. The summed E-state index contributed by atoms with van der Waals surface area (Å²) in [5, 5.41) is 9.45. The predicted molar refractivity (Wildman–Crippen MR) is 68.5 cm³/mol. The first-order chi connectivity index (χ1) is 8.20. The highest BCUT2D eigenvalue weighted by Crippen LogP contribution is 2.29. The summed E-state index contributed by atoms with van der Waals surface area (Å²) >= 11 is 5.97. The average Bonchev–Trinajstić information content (AvgIpc) is 2.19. The first kappa shape index (κ1) is 12.6. The van der Waals surface area contributed by atoms with Crippen molar-refractivity contribution in [2.24, 2.45) is 0 Å². The van der Waals surface area contributed by atoms with Crippen LogP contribution in [-0.2, 0) is 0 Å². The SMILES string of the molecule is Cc1nc(Cl)cc(N(CCCO)C2CCC2)n1. The Labute approximate surface area is 107 Å². The fourth-order valence-electron chi connectivity index (χ4n) is 2.09. The van der Waals surface area contributed by atoms with Gasteiger partial charge in [0, 0.05) is 25.3 Å². The zero-order chi connectivity index (χ0) is 12.3. The van der Waals surface area contributed by atoms with Crippen molar-refractivity contribution < 1.29 is 5.11 Å². The third-order valence-electron chi connectivity index (χ3n) is 3.16. The number of anilines is 1. The van der Waals surface area contributed by atoms with Gasteiger partial charge < -0.3 is 10.0 Å². The van der Waals surface area contributed by atoms with Gasteiger partial charge in [-0.1, -0.05) is 11.6 Å². The smallest absolute Gasteiger partial charge is 0.134 e. The molecular weight excluding hydrogens is 238 g/mol. The van der Waals surface area contributed by atoms with Gasteiger partial charge in [0.05, 0.1) is 0 Å². The zero-order valence-electron chi connectivity index (χ0n) is 10.1. The van der Waals surface area contributed by atoms with E-state index in [1.165, 1.54) is 19.3 Å². The second kappa shape index (κ2) is 5.65. The van der Waals surface area contributed by atoms with Gasteiger partial charge in [0.1, 0.15) is 16.8 Å². The molecular formula is C12H18ClN3O. The maximum atomic E-state index is 8.96. The summed E-state index contributed by atoms with van der Waals surface area (Å²) in [4.78, 5) is 10.8. The lowest BCUT2D eigenvalue weighted by atomic mass is 9.91. The Morgan fingerprint density at radius 2 is 2.24 bits per heavy atom. The monoisotopic (exact) mass is 255 g/mol. The van der Waals surface area contributed by atoms with Gasteiger partial charge in [-0.05, 0) is 32.6 Å². The van der Waals surface area contributed by atoms with Crippen molar-refractivity contribution in [2.75, 3.05) is 18.1 Å². The second-order valence-corrected chi connectivity index (χ2v) is 4.84. The molecule has 0 saturated heterocycles. The van der Waals surface area contributed by atoms with E-state index in [4.69, 9.17) is 16.7 Å². The third-order valence-corrected chi connectivity index (χ3v) is 3.35. The Balaban J connectivity index is 2.17. The number of aliphatic hydroxyl groups excluding tert-OH is 1. The van der Waals surface area contributed by atoms with Crippen LogP contribution in [0.25, 0.3) is 0 Å². The molecule has 0 amide bonds. The molecule has 4 nitrogen and oxygen atoms in total. The molecule has 1 aromatic rings. The van der Waals surface area contributed by atoms with Gasteiger partial charge in [0.2, 0.25) is 0 Å². The van der Waals surface area contributed by atoms with E-state index < -0.39 is 0 Å². The number of aryl methyl sites for hydroxylation is 1. The normalized spacial score (nSPS) is 15.7. The van der Waals surface area contributed by atoms with Crippen LogP contribution in [0.4, 0.5) is 5.82 Å². The van der Waals surface area contributed by atoms with Gasteiger partial charge in [-0.3, -0.25) is 0 Å². The molecule has 17 heavy (non-hydrogen) atoms. The number of nitrogens with zero attached hydrogens (tertiary/aromatic N) is 3. The molecule has 94 valence electrons. The van der Waals surface area contributed by atoms with E-state index in [0.29, 0.717) is 17.0 Å².